The molecule has 136 valence electrons. The van der Waals surface area contributed by atoms with Crippen LogP contribution in [-0.4, -0.2) is 30.1 Å². The normalized spacial score (nSPS) is 10.7. The third-order valence-electron chi connectivity index (χ3n) is 4.26. The second kappa shape index (κ2) is 7.91. The van der Waals surface area contributed by atoms with Gasteiger partial charge in [-0.3, -0.25) is 4.79 Å². The van der Waals surface area contributed by atoms with Gasteiger partial charge < -0.3 is 19.8 Å². The molecule has 0 saturated carbocycles. The predicted molar refractivity (Wildman–Crippen MR) is 102 cm³/mol. The summed E-state index contributed by atoms with van der Waals surface area (Å²) in [6.45, 7) is 1.92. The van der Waals surface area contributed by atoms with Crippen molar-refractivity contribution in [3.8, 4) is 11.5 Å². The zero-order valence-corrected chi connectivity index (χ0v) is 15.3. The number of aryl methyl sites for hydroxylation is 2. The molecule has 0 spiro atoms. The molecule has 2 aromatic carbocycles. The Morgan fingerprint density at radius 2 is 1.88 bits per heavy atom. The second-order valence-corrected chi connectivity index (χ2v) is 6.12. The number of para-hydroxylation sites is 2. The third kappa shape index (κ3) is 3.96. The number of fused-ring (bicyclic) bond motifs is 1. The number of aromatic amines is 1. The highest BCUT2D eigenvalue weighted by Gasteiger charge is 2.11. The van der Waals surface area contributed by atoms with Gasteiger partial charge in [0.25, 0.3) is 0 Å². The van der Waals surface area contributed by atoms with Crippen molar-refractivity contribution >= 4 is 22.6 Å². The summed E-state index contributed by atoms with van der Waals surface area (Å²) >= 11 is 0. The van der Waals surface area contributed by atoms with E-state index in [1.165, 1.54) is 0 Å². The first-order valence-electron chi connectivity index (χ1n) is 8.57. The number of rotatable bonds is 7. The average molecular weight is 353 g/mol. The number of methoxy groups -OCH3 is 2. The molecule has 1 heterocycles. The minimum Gasteiger partial charge on any atom is -0.493 e. The molecule has 0 saturated heterocycles. The van der Waals surface area contributed by atoms with Gasteiger partial charge in [-0.25, -0.2) is 4.98 Å². The van der Waals surface area contributed by atoms with Gasteiger partial charge in [0.15, 0.2) is 11.5 Å². The minimum atomic E-state index is -0.0311. The molecule has 0 radical (unpaired) electrons. The highest BCUT2D eigenvalue weighted by atomic mass is 16.5. The van der Waals surface area contributed by atoms with Crippen molar-refractivity contribution in [2.45, 2.75) is 26.2 Å². The number of carbonyl (C=O) groups is 1. The lowest BCUT2D eigenvalue weighted by atomic mass is 10.1. The van der Waals surface area contributed by atoms with E-state index in [1.54, 1.807) is 20.3 Å². The maximum absolute atomic E-state index is 12.3. The molecule has 0 bridgehead atoms. The number of anilines is 1. The molecule has 0 aliphatic carbocycles. The molecule has 3 rings (SSSR count). The highest BCUT2D eigenvalue weighted by Crippen LogP contribution is 2.32. The van der Waals surface area contributed by atoms with Gasteiger partial charge in [-0.05, 0) is 37.1 Å². The van der Waals surface area contributed by atoms with Crippen LogP contribution in [0, 0.1) is 6.92 Å². The smallest absolute Gasteiger partial charge is 0.224 e. The van der Waals surface area contributed by atoms with Crippen LogP contribution in [0.5, 0.6) is 11.5 Å². The Morgan fingerprint density at radius 3 is 2.62 bits per heavy atom. The van der Waals surface area contributed by atoms with E-state index < -0.39 is 0 Å². The second-order valence-electron chi connectivity index (χ2n) is 6.12. The standard InChI is InChI=1S/C20H23N3O3/c1-13-11-17(25-2)18(26-3)12-16(13)23-20(24)10-6-9-19-21-14-7-4-5-8-15(14)22-19/h4-5,7-8,11-12H,6,9-10H2,1-3H3,(H,21,22)(H,23,24). The number of imidazole rings is 1. The van der Waals surface area contributed by atoms with E-state index in [2.05, 4.69) is 15.3 Å². The number of amides is 1. The Labute approximate surface area is 152 Å². The number of hydrogen-bond acceptors (Lipinski definition) is 4. The van der Waals surface area contributed by atoms with Gasteiger partial charge in [0.2, 0.25) is 5.91 Å². The van der Waals surface area contributed by atoms with E-state index >= 15 is 0 Å². The molecule has 6 nitrogen and oxygen atoms in total. The summed E-state index contributed by atoms with van der Waals surface area (Å²) in [5, 5.41) is 2.94. The van der Waals surface area contributed by atoms with Crippen LogP contribution in [0.4, 0.5) is 5.69 Å². The van der Waals surface area contributed by atoms with E-state index in [9.17, 15) is 4.79 Å². The molecule has 0 aliphatic rings. The van der Waals surface area contributed by atoms with Gasteiger partial charge in [0.05, 0.1) is 25.3 Å². The summed E-state index contributed by atoms with van der Waals surface area (Å²) < 4.78 is 10.6. The lowest BCUT2D eigenvalue weighted by Gasteiger charge is -2.13. The van der Waals surface area contributed by atoms with Crippen LogP contribution in [0.3, 0.4) is 0 Å². The minimum absolute atomic E-state index is 0.0311. The van der Waals surface area contributed by atoms with E-state index in [0.717, 1.165) is 41.0 Å². The number of H-pyrrole nitrogens is 1. The molecule has 1 amide bonds. The predicted octanol–water partition coefficient (Wildman–Crippen LogP) is 3.85. The van der Waals surface area contributed by atoms with Crippen LogP contribution in [0.25, 0.3) is 11.0 Å². The summed E-state index contributed by atoms with van der Waals surface area (Å²) in [7, 11) is 3.17. The van der Waals surface area contributed by atoms with Gasteiger partial charge in [-0.15, -0.1) is 0 Å². The van der Waals surface area contributed by atoms with Crippen LogP contribution in [0.1, 0.15) is 24.2 Å². The van der Waals surface area contributed by atoms with Gasteiger partial charge in [0, 0.05) is 24.6 Å². The van der Waals surface area contributed by atoms with Crippen LogP contribution in [-0.2, 0) is 11.2 Å². The maximum atomic E-state index is 12.3. The van der Waals surface area contributed by atoms with Crippen molar-refractivity contribution in [2.24, 2.45) is 0 Å². The summed E-state index contributed by atoms with van der Waals surface area (Å²) in [6.07, 6.45) is 1.87. The number of aromatic nitrogens is 2. The topological polar surface area (TPSA) is 76.2 Å². The first-order valence-corrected chi connectivity index (χ1v) is 8.57. The van der Waals surface area contributed by atoms with Crippen molar-refractivity contribution in [1.29, 1.82) is 0 Å². The number of ether oxygens (including phenoxy) is 2. The van der Waals surface area contributed by atoms with Gasteiger partial charge >= 0.3 is 0 Å². The zero-order valence-electron chi connectivity index (χ0n) is 15.3. The lowest BCUT2D eigenvalue weighted by Crippen LogP contribution is -2.13. The Kier molecular flexibility index (Phi) is 5.41. The van der Waals surface area contributed by atoms with Crippen molar-refractivity contribution < 1.29 is 14.3 Å². The number of nitrogens with zero attached hydrogens (tertiary/aromatic N) is 1. The van der Waals surface area contributed by atoms with Crippen molar-refractivity contribution in [3.63, 3.8) is 0 Å². The first-order chi connectivity index (χ1) is 12.6. The van der Waals surface area contributed by atoms with Gasteiger partial charge in [0.1, 0.15) is 5.82 Å². The van der Waals surface area contributed by atoms with Crippen LogP contribution in [0.2, 0.25) is 0 Å². The SMILES string of the molecule is COc1cc(C)c(NC(=O)CCCc2nc3ccccc3[nH]2)cc1OC. The quantitative estimate of drug-likeness (QED) is 0.676. The van der Waals surface area contributed by atoms with E-state index in [4.69, 9.17) is 9.47 Å². The van der Waals surface area contributed by atoms with Crippen LogP contribution in [0.15, 0.2) is 36.4 Å². The third-order valence-corrected chi connectivity index (χ3v) is 4.26. The van der Waals surface area contributed by atoms with Crippen molar-refractivity contribution in [2.75, 3.05) is 19.5 Å². The number of nitrogens with one attached hydrogen (secondary N) is 2. The van der Waals surface area contributed by atoms with Gasteiger partial charge in [-0.1, -0.05) is 12.1 Å². The fraction of sp³-hybridized carbons (Fsp3) is 0.300. The van der Waals surface area contributed by atoms with Crippen molar-refractivity contribution in [1.82, 2.24) is 9.97 Å². The van der Waals surface area contributed by atoms with Crippen molar-refractivity contribution in [3.05, 3.63) is 47.8 Å². The Bertz CT molecular complexity index is 885. The number of benzene rings is 2. The molecule has 26 heavy (non-hydrogen) atoms. The molecule has 1 aromatic heterocycles. The summed E-state index contributed by atoms with van der Waals surface area (Å²) in [6, 6.07) is 11.5. The summed E-state index contributed by atoms with van der Waals surface area (Å²) in [5.41, 5.74) is 3.63. The molecule has 0 atom stereocenters. The Hall–Kier alpha value is -3.02. The molecular weight excluding hydrogens is 330 g/mol. The largest absolute Gasteiger partial charge is 0.493 e. The summed E-state index contributed by atoms with van der Waals surface area (Å²) in [5.74, 6) is 2.11. The molecule has 3 aromatic rings. The molecular formula is C20H23N3O3. The van der Waals surface area contributed by atoms with E-state index in [1.807, 2.05) is 37.3 Å². The summed E-state index contributed by atoms with van der Waals surface area (Å²) in [4.78, 5) is 20.1. The lowest BCUT2D eigenvalue weighted by molar-refractivity contribution is -0.116. The zero-order chi connectivity index (χ0) is 18.5. The monoisotopic (exact) mass is 353 g/mol. The Balaban J connectivity index is 1.57. The average Bonchev–Trinajstić information content (AvgIpc) is 3.05. The molecule has 2 N–H and O–H groups in total. The molecule has 6 heteroatoms. The van der Waals surface area contributed by atoms with E-state index in [-0.39, 0.29) is 5.91 Å². The maximum Gasteiger partial charge on any atom is 0.224 e. The number of hydrogen-bond donors (Lipinski definition) is 2. The first kappa shape index (κ1) is 17.8. The van der Waals surface area contributed by atoms with Crippen LogP contribution < -0.4 is 14.8 Å². The fourth-order valence-corrected chi connectivity index (χ4v) is 2.87. The van der Waals surface area contributed by atoms with E-state index in [0.29, 0.717) is 17.9 Å². The highest BCUT2D eigenvalue weighted by molar-refractivity contribution is 5.92. The molecule has 0 fully saturated rings. The number of carbonyl (C=O) groups excluding carboxylic acids is 1. The van der Waals surface area contributed by atoms with Gasteiger partial charge in [-0.2, -0.15) is 0 Å². The molecule has 0 aliphatic heterocycles. The Morgan fingerprint density at radius 1 is 1.15 bits per heavy atom. The molecule has 0 unspecified atom stereocenters. The fourth-order valence-electron chi connectivity index (χ4n) is 2.87. The van der Waals surface area contributed by atoms with Crippen LogP contribution >= 0.6 is 0 Å².